The molecule has 58 heavy (non-hydrogen) atoms. The summed E-state index contributed by atoms with van der Waals surface area (Å²) in [6.45, 7) is 0. The van der Waals surface area contributed by atoms with Gasteiger partial charge in [0, 0.05) is 49.6 Å². The topological polar surface area (TPSA) is 69.6 Å². The molecule has 0 atom stereocenters. The van der Waals surface area contributed by atoms with Gasteiger partial charge in [0.1, 0.15) is 5.58 Å². The second kappa shape index (κ2) is 12.8. The molecule has 0 aliphatic carbocycles. The summed E-state index contributed by atoms with van der Waals surface area (Å²) in [6.07, 6.45) is 3.54. The van der Waals surface area contributed by atoms with Gasteiger partial charge < -0.3 is 8.98 Å². The predicted octanol–water partition coefficient (Wildman–Crippen LogP) is 13.2. The van der Waals surface area contributed by atoms with Crippen LogP contribution in [0.2, 0.25) is 0 Å². The van der Waals surface area contributed by atoms with Crippen molar-refractivity contribution in [3.05, 3.63) is 188 Å². The lowest BCUT2D eigenvalue weighted by Gasteiger charge is -2.14. The molecule has 0 N–H and O–H groups in total. The second-order valence-corrected chi connectivity index (χ2v) is 14.7. The van der Waals surface area contributed by atoms with Crippen LogP contribution < -0.4 is 0 Å². The van der Waals surface area contributed by atoms with Crippen LogP contribution in [0.1, 0.15) is 0 Å². The van der Waals surface area contributed by atoms with Crippen molar-refractivity contribution < 1.29 is 4.42 Å². The van der Waals surface area contributed by atoms with E-state index in [1.165, 1.54) is 32.6 Å². The molecule has 0 fully saturated rings. The van der Waals surface area contributed by atoms with E-state index < -0.39 is 0 Å². The van der Waals surface area contributed by atoms with Crippen LogP contribution in [-0.4, -0.2) is 24.5 Å². The Morgan fingerprint density at radius 2 is 1.09 bits per heavy atom. The molecule has 270 valence electrons. The number of hydrogen-bond donors (Lipinski definition) is 0. The van der Waals surface area contributed by atoms with E-state index in [0.717, 1.165) is 66.2 Å². The van der Waals surface area contributed by atoms with Crippen molar-refractivity contribution in [2.75, 3.05) is 0 Å². The van der Waals surface area contributed by atoms with Gasteiger partial charge >= 0.3 is 0 Å². The first kappa shape index (κ1) is 32.3. The van der Waals surface area contributed by atoms with Crippen molar-refractivity contribution in [1.29, 1.82) is 0 Å². The zero-order valence-corrected chi connectivity index (χ0v) is 31.0. The van der Waals surface area contributed by atoms with E-state index in [2.05, 4.69) is 161 Å². The first-order chi connectivity index (χ1) is 28.7. The smallest absolute Gasteiger partial charge is 0.167 e. The van der Waals surface area contributed by atoms with Gasteiger partial charge in [0.05, 0.1) is 28.5 Å². The Bertz CT molecular complexity index is 3570. The molecule has 0 amide bonds. The standard InChI is InChI=1S/C52H31N5O/c1-2-10-32(11-3-1)33-20-22-35(23-21-33)50-54-51(56-52(55-50)44-17-9-16-43-41-28-29-53-31-47(41)58-49(43)44)37-25-26-38-36(30-37)13-8-19-45(38)57-46-18-7-6-15-40(46)42-27-24-34-12-4-5-14-39(34)48(42)57/h1-31H. The summed E-state index contributed by atoms with van der Waals surface area (Å²) in [5.41, 5.74) is 9.79. The third kappa shape index (κ3) is 5.05. The number of pyridine rings is 1. The molecule has 0 aliphatic rings. The predicted molar refractivity (Wildman–Crippen MR) is 236 cm³/mol. The summed E-state index contributed by atoms with van der Waals surface area (Å²) < 4.78 is 8.85. The summed E-state index contributed by atoms with van der Waals surface area (Å²) in [6, 6.07) is 61.8. The molecular formula is C52H31N5O. The number of benzene rings is 8. The SMILES string of the molecule is c1ccc(-c2ccc(-c3nc(-c4ccc5c(-n6c7ccccc7c7ccc8ccccc8c76)cccc5c4)nc(-c4cccc5c4oc4cnccc45)n3)cc2)cc1. The Morgan fingerprint density at radius 1 is 0.414 bits per heavy atom. The first-order valence-electron chi connectivity index (χ1n) is 19.4. The average Bonchev–Trinajstić information content (AvgIpc) is 3.85. The quantitative estimate of drug-likeness (QED) is 0.176. The molecule has 12 aromatic rings. The first-order valence-corrected chi connectivity index (χ1v) is 19.4. The second-order valence-electron chi connectivity index (χ2n) is 14.7. The molecule has 8 aromatic carbocycles. The number of para-hydroxylation sites is 2. The molecule has 0 aliphatic heterocycles. The normalized spacial score (nSPS) is 11.8. The highest BCUT2D eigenvalue weighted by atomic mass is 16.3. The van der Waals surface area contributed by atoms with Crippen molar-refractivity contribution in [2.45, 2.75) is 0 Å². The minimum atomic E-state index is 0.538. The van der Waals surface area contributed by atoms with E-state index in [4.69, 9.17) is 19.4 Å². The fourth-order valence-electron chi connectivity index (χ4n) is 8.61. The molecule has 0 unspecified atom stereocenters. The molecule has 6 nitrogen and oxygen atoms in total. The minimum Gasteiger partial charge on any atom is -0.454 e. The van der Waals surface area contributed by atoms with E-state index in [9.17, 15) is 0 Å². The van der Waals surface area contributed by atoms with Crippen LogP contribution in [-0.2, 0) is 0 Å². The summed E-state index contributed by atoms with van der Waals surface area (Å²) in [4.78, 5) is 19.7. The monoisotopic (exact) mass is 741 g/mol. The Labute approximate surface area is 332 Å². The van der Waals surface area contributed by atoms with Crippen LogP contribution >= 0.6 is 0 Å². The molecule has 0 saturated heterocycles. The highest BCUT2D eigenvalue weighted by Crippen LogP contribution is 2.40. The van der Waals surface area contributed by atoms with Crippen LogP contribution in [0.25, 0.3) is 116 Å². The van der Waals surface area contributed by atoms with E-state index >= 15 is 0 Å². The summed E-state index contributed by atoms with van der Waals surface area (Å²) in [7, 11) is 0. The summed E-state index contributed by atoms with van der Waals surface area (Å²) >= 11 is 0. The molecule has 4 aromatic heterocycles. The van der Waals surface area contributed by atoms with E-state index in [1.807, 2.05) is 24.3 Å². The van der Waals surface area contributed by atoms with Gasteiger partial charge in [0.2, 0.25) is 0 Å². The van der Waals surface area contributed by atoms with Crippen molar-refractivity contribution in [3.8, 4) is 51.0 Å². The fraction of sp³-hybridized carbons (Fsp3) is 0. The number of fused-ring (bicyclic) bond motifs is 9. The highest BCUT2D eigenvalue weighted by molar-refractivity contribution is 6.19. The Morgan fingerprint density at radius 3 is 1.98 bits per heavy atom. The van der Waals surface area contributed by atoms with Crippen LogP contribution in [0.5, 0.6) is 0 Å². The van der Waals surface area contributed by atoms with Crippen LogP contribution in [0.3, 0.4) is 0 Å². The summed E-state index contributed by atoms with van der Waals surface area (Å²) in [5, 5.41) is 9.11. The Balaban J connectivity index is 1.05. The molecule has 0 radical (unpaired) electrons. The molecule has 0 bridgehead atoms. The van der Waals surface area contributed by atoms with Crippen molar-refractivity contribution in [1.82, 2.24) is 24.5 Å². The third-order valence-corrected chi connectivity index (χ3v) is 11.3. The molecule has 12 rings (SSSR count). The lowest BCUT2D eigenvalue weighted by atomic mass is 10.0. The number of hydrogen-bond acceptors (Lipinski definition) is 5. The zero-order valence-electron chi connectivity index (χ0n) is 31.0. The molecule has 6 heteroatoms. The van der Waals surface area contributed by atoms with Gasteiger partial charge in [-0.2, -0.15) is 0 Å². The van der Waals surface area contributed by atoms with Gasteiger partial charge in [-0.25, -0.2) is 15.0 Å². The van der Waals surface area contributed by atoms with Crippen molar-refractivity contribution in [2.24, 2.45) is 0 Å². The Kier molecular flexibility index (Phi) is 7.13. The van der Waals surface area contributed by atoms with Gasteiger partial charge in [-0.15, -0.1) is 0 Å². The molecule has 0 saturated carbocycles. The van der Waals surface area contributed by atoms with Gasteiger partial charge in [0.15, 0.2) is 23.1 Å². The van der Waals surface area contributed by atoms with E-state index in [1.54, 1.807) is 12.4 Å². The van der Waals surface area contributed by atoms with E-state index in [0.29, 0.717) is 17.5 Å². The van der Waals surface area contributed by atoms with Crippen molar-refractivity contribution >= 4 is 65.3 Å². The minimum absolute atomic E-state index is 0.538. The number of nitrogens with zero attached hydrogens (tertiary/aromatic N) is 5. The molecule has 4 heterocycles. The Hall–Kier alpha value is -7.96. The maximum atomic E-state index is 6.42. The van der Waals surface area contributed by atoms with Crippen molar-refractivity contribution in [3.63, 3.8) is 0 Å². The number of aromatic nitrogens is 5. The fourth-order valence-corrected chi connectivity index (χ4v) is 8.61. The zero-order chi connectivity index (χ0) is 38.2. The van der Waals surface area contributed by atoms with Crippen LogP contribution in [0, 0.1) is 0 Å². The van der Waals surface area contributed by atoms with E-state index in [-0.39, 0.29) is 0 Å². The third-order valence-electron chi connectivity index (χ3n) is 11.3. The van der Waals surface area contributed by atoms with Gasteiger partial charge in [-0.3, -0.25) is 4.98 Å². The lowest BCUT2D eigenvalue weighted by molar-refractivity contribution is 0.667. The molecule has 0 spiro atoms. The maximum absolute atomic E-state index is 6.42. The van der Waals surface area contributed by atoms with Gasteiger partial charge in [0.25, 0.3) is 0 Å². The highest BCUT2D eigenvalue weighted by Gasteiger charge is 2.20. The summed E-state index contributed by atoms with van der Waals surface area (Å²) in [5.74, 6) is 1.70. The van der Waals surface area contributed by atoms with Crippen LogP contribution in [0.15, 0.2) is 193 Å². The molecular weight excluding hydrogens is 711 g/mol. The van der Waals surface area contributed by atoms with Gasteiger partial charge in [-0.05, 0) is 52.2 Å². The van der Waals surface area contributed by atoms with Gasteiger partial charge in [-0.1, -0.05) is 146 Å². The number of rotatable bonds is 5. The lowest BCUT2D eigenvalue weighted by Crippen LogP contribution is -2.01. The average molecular weight is 742 g/mol. The largest absolute Gasteiger partial charge is 0.454 e. The maximum Gasteiger partial charge on any atom is 0.167 e. The number of furan rings is 1. The van der Waals surface area contributed by atoms with Crippen LogP contribution in [0.4, 0.5) is 0 Å².